The summed E-state index contributed by atoms with van der Waals surface area (Å²) in [6, 6.07) is 1.82. The second-order valence-corrected chi connectivity index (χ2v) is 9.06. The number of hydrogen-bond donors (Lipinski definition) is 0. The first kappa shape index (κ1) is 24.9. The van der Waals surface area contributed by atoms with Gasteiger partial charge in [0.15, 0.2) is 0 Å². The lowest BCUT2D eigenvalue weighted by Crippen LogP contribution is -2.41. The van der Waals surface area contributed by atoms with Crippen LogP contribution in [0.4, 0.5) is 13.2 Å². The summed E-state index contributed by atoms with van der Waals surface area (Å²) in [7, 11) is 0. The first-order valence-corrected chi connectivity index (χ1v) is 11.9. The molecule has 0 spiro atoms. The van der Waals surface area contributed by atoms with Crippen LogP contribution in [0.15, 0.2) is 33.7 Å². The summed E-state index contributed by atoms with van der Waals surface area (Å²) in [6.07, 6.45) is -2.82. The maximum Gasteiger partial charge on any atom is 0.421 e. The van der Waals surface area contributed by atoms with Gasteiger partial charge >= 0.3 is 12.1 Å². The number of amides is 1. The van der Waals surface area contributed by atoms with Crippen LogP contribution in [-0.2, 0) is 31.9 Å². The molecule has 4 heterocycles. The summed E-state index contributed by atoms with van der Waals surface area (Å²) < 4.78 is 44.6. The molecule has 4 rings (SSSR count). The molecule has 0 aromatic carbocycles. The van der Waals surface area contributed by atoms with Crippen molar-refractivity contribution in [3.8, 4) is 0 Å². The van der Waals surface area contributed by atoms with E-state index in [4.69, 9.17) is 9.57 Å². The van der Waals surface area contributed by atoms with Crippen molar-refractivity contribution in [2.24, 2.45) is 5.16 Å². The van der Waals surface area contributed by atoms with Gasteiger partial charge in [0.05, 0.1) is 17.3 Å². The standard InChI is InChI=1S/C22H23F3N4O5S/c1-2-33-21(32)17-10-15(27-34-17)16-12-35-19(26-16)13-5-8-28(9-6-13)18(30)11-29-7-3-4-14(20(29)31)22(23,24)25/h3-4,7,12-13,17H,2,5-6,8-11H2,1H3. The molecule has 13 heteroatoms. The fourth-order valence-electron chi connectivity index (χ4n) is 4.00. The Balaban J connectivity index is 1.32. The van der Waals surface area contributed by atoms with E-state index in [1.54, 1.807) is 11.8 Å². The zero-order valence-electron chi connectivity index (χ0n) is 18.8. The van der Waals surface area contributed by atoms with Crippen LogP contribution >= 0.6 is 11.3 Å². The molecule has 0 aliphatic carbocycles. The molecule has 2 aromatic rings. The number of pyridine rings is 1. The molecule has 1 unspecified atom stereocenters. The maximum absolute atomic E-state index is 13.0. The molecule has 1 amide bonds. The average Bonchev–Trinajstić information content (AvgIpc) is 3.50. The molecule has 1 saturated heterocycles. The average molecular weight is 513 g/mol. The van der Waals surface area contributed by atoms with Crippen molar-refractivity contribution in [2.45, 2.75) is 50.9 Å². The Kier molecular flexibility index (Phi) is 7.24. The van der Waals surface area contributed by atoms with E-state index in [2.05, 4.69) is 10.1 Å². The highest BCUT2D eigenvalue weighted by atomic mass is 32.1. The quantitative estimate of drug-likeness (QED) is 0.552. The Morgan fingerprint density at radius 3 is 2.71 bits per heavy atom. The molecule has 2 aromatic heterocycles. The normalized spacial score (nSPS) is 18.8. The van der Waals surface area contributed by atoms with Gasteiger partial charge in [-0.25, -0.2) is 9.78 Å². The van der Waals surface area contributed by atoms with Crippen molar-refractivity contribution in [1.82, 2.24) is 14.5 Å². The number of alkyl halides is 3. The Morgan fingerprint density at radius 2 is 2.03 bits per heavy atom. The number of aromatic nitrogens is 2. The second kappa shape index (κ2) is 10.2. The van der Waals surface area contributed by atoms with Gasteiger partial charge in [-0.05, 0) is 31.9 Å². The molecule has 188 valence electrons. The minimum atomic E-state index is -4.77. The second-order valence-electron chi connectivity index (χ2n) is 8.17. The van der Waals surface area contributed by atoms with Crippen LogP contribution in [0.1, 0.15) is 48.4 Å². The maximum atomic E-state index is 13.0. The molecule has 0 N–H and O–H groups in total. The number of likely N-dealkylation sites (tertiary alicyclic amines) is 1. The van der Waals surface area contributed by atoms with Crippen LogP contribution in [0.2, 0.25) is 0 Å². The van der Waals surface area contributed by atoms with Crippen molar-refractivity contribution < 1.29 is 32.3 Å². The van der Waals surface area contributed by atoms with Crippen LogP contribution < -0.4 is 5.56 Å². The largest absolute Gasteiger partial charge is 0.463 e. The van der Waals surface area contributed by atoms with Gasteiger partial charge in [-0.2, -0.15) is 13.2 Å². The van der Waals surface area contributed by atoms with Crippen molar-refractivity contribution in [3.63, 3.8) is 0 Å². The number of thiazole rings is 1. The van der Waals surface area contributed by atoms with Crippen molar-refractivity contribution in [1.29, 1.82) is 0 Å². The lowest BCUT2D eigenvalue weighted by molar-refractivity contribution is -0.154. The summed E-state index contributed by atoms with van der Waals surface area (Å²) in [5.74, 6) is -0.767. The van der Waals surface area contributed by atoms with E-state index >= 15 is 0 Å². The third-order valence-corrected chi connectivity index (χ3v) is 6.87. The summed E-state index contributed by atoms with van der Waals surface area (Å²) in [4.78, 5) is 47.9. The van der Waals surface area contributed by atoms with E-state index in [9.17, 15) is 27.6 Å². The number of ether oxygens (including phenoxy) is 1. The Hall–Kier alpha value is -3.22. The Labute approximate surface area is 202 Å². The van der Waals surface area contributed by atoms with Gasteiger partial charge in [-0.1, -0.05) is 5.16 Å². The van der Waals surface area contributed by atoms with Gasteiger partial charge in [-0.3, -0.25) is 9.59 Å². The van der Waals surface area contributed by atoms with Crippen LogP contribution in [0.3, 0.4) is 0 Å². The van der Waals surface area contributed by atoms with E-state index in [1.807, 2.05) is 5.38 Å². The fraction of sp³-hybridized carbons (Fsp3) is 0.500. The highest BCUT2D eigenvalue weighted by Crippen LogP contribution is 2.31. The van der Waals surface area contributed by atoms with E-state index in [-0.39, 0.29) is 18.9 Å². The number of halogens is 3. The first-order chi connectivity index (χ1) is 16.7. The number of oxime groups is 1. The number of nitrogens with zero attached hydrogens (tertiary/aromatic N) is 4. The monoisotopic (exact) mass is 512 g/mol. The Bertz CT molecular complexity index is 1180. The van der Waals surface area contributed by atoms with Gasteiger partial charge in [0.2, 0.25) is 12.0 Å². The summed E-state index contributed by atoms with van der Waals surface area (Å²) in [5, 5.41) is 6.69. The molecule has 2 aliphatic heterocycles. The van der Waals surface area contributed by atoms with E-state index in [0.717, 1.165) is 15.6 Å². The van der Waals surface area contributed by atoms with E-state index < -0.39 is 41.8 Å². The van der Waals surface area contributed by atoms with Crippen LogP contribution in [0.5, 0.6) is 0 Å². The number of hydrogen-bond acceptors (Lipinski definition) is 8. The molecule has 0 saturated carbocycles. The molecule has 1 atom stereocenters. The predicted octanol–water partition coefficient (Wildman–Crippen LogP) is 2.79. The molecule has 0 radical (unpaired) electrons. The van der Waals surface area contributed by atoms with Crippen molar-refractivity contribution >= 4 is 28.9 Å². The molecular weight excluding hydrogens is 489 g/mol. The molecule has 1 fully saturated rings. The minimum absolute atomic E-state index is 0.109. The van der Waals surface area contributed by atoms with E-state index in [1.165, 1.54) is 17.5 Å². The van der Waals surface area contributed by atoms with Gasteiger partial charge < -0.3 is 19.0 Å². The zero-order valence-corrected chi connectivity index (χ0v) is 19.6. The number of rotatable bonds is 6. The van der Waals surface area contributed by atoms with E-state index in [0.29, 0.717) is 43.4 Å². The number of esters is 1. The number of piperidine rings is 1. The van der Waals surface area contributed by atoms with Crippen LogP contribution in [-0.4, -0.2) is 57.8 Å². The van der Waals surface area contributed by atoms with Crippen molar-refractivity contribution in [2.75, 3.05) is 19.7 Å². The topological polar surface area (TPSA) is 103 Å². The summed E-state index contributed by atoms with van der Waals surface area (Å²) >= 11 is 1.46. The van der Waals surface area contributed by atoms with Crippen molar-refractivity contribution in [3.05, 3.63) is 50.3 Å². The number of carbonyl (C=O) groups is 2. The minimum Gasteiger partial charge on any atom is -0.463 e. The third-order valence-electron chi connectivity index (χ3n) is 5.86. The lowest BCUT2D eigenvalue weighted by Gasteiger charge is -2.31. The van der Waals surface area contributed by atoms with Crippen LogP contribution in [0, 0.1) is 0 Å². The Morgan fingerprint density at radius 1 is 1.29 bits per heavy atom. The molecule has 35 heavy (non-hydrogen) atoms. The van der Waals surface area contributed by atoms with Crippen LogP contribution in [0.25, 0.3) is 0 Å². The first-order valence-electron chi connectivity index (χ1n) is 11.1. The lowest BCUT2D eigenvalue weighted by atomic mass is 9.97. The zero-order chi connectivity index (χ0) is 25.2. The molecular formula is C22H23F3N4O5S. The molecule has 2 aliphatic rings. The highest BCUT2D eigenvalue weighted by Gasteiger charge is 2.35. The summed E-state index contributed by atoms with van der Waals surface area (Å²) in [5.41, 5.74) is -1.32. The SMILES string of the molecule is CCOC(=O)C1CC(c2csc(C3CCN(C(=O)Cn4cccc(C(F)(F)F)c4=O)CC3)n2)=NO1. The van der Waals surface area contributed by atoms with Gasteiger partial charge in [0, 0.05) is 37.0 Å². The smallest absolute Gasteiger partial charge is 0.421 e. The highest BCUT2D eigenvalue weighted by molar-refractivity contribution is 7.10. The molecule has 9 nitrogen and oxygen atoms in total. The summed E-state index contributed by atoms with van der Waals surface area (Å²) in [6.45, 7) is 2.33. The molecule has 0 bridgehead atoms. The van der Waals surface area contributed by atoms with Gasteiger partial charge in [0.25, 0.3) is 5.56 Å². The van der Waals surface area contributed by atoms with Gasteiger partial charge in [0.1, 0.15) is 17.8 Å². The van der Waals surface area contributed by atoms with Gasteiger partial charge in [-0.15, -0.1) is 11.3 Å². The third kappa shape index (κ3) is 5.55. The number of carbonyl (C=O) groups excluding carboxylic acids is 2. The predicted molar refractivity (Wildman–Crippen MR) is 119 cm³/mol. The fourth-order valence-corrected chi connectivity index (χ4v) is 5.00.